The highest BCUT2D eigenvalue weighted by atomic mass is 32.2. The maximum absolute atomic E-state index is 12.3. The summed E-state index contributed by atoms with van der Waals surface area (Å²) in [5.41, 5.74) is 0.875. The van der Waals surface area contributed by atoms with Crippen molar-refractivity contribution in [1.29, 1.82) is 0 Å². The molecule has 2 aromatic rings. The summed E-state index contributed by atoms with van der Waals surface area (Å²) in [6.07, 6.45) is 0.493. The smallest absolute Gasteiger partial charge is 0.229 e. The number of hydrogen-bond donors (Lipinski definition) is 1. The fourth-order valence-corrected chi connectivity index (χ4v) is 6.08. The molecule has 21 heavy (non-hydrogen) atoms. The van der Waals surface area contributed by atoms with E-state index in [9.17, 15) is 16.8 Å². The number of sulfone groups is 1. The molecule has 1 fully saturated rings. The Balaban J connectivity index is 1.80. The van der Waals surface area contributed by atoms with Gasteiger partial charge in [-0.1, -0.05) is 6.07 Å². The van der Waals surface area contributed by atoms with Crippen LogP contribution in [0.5, 0.6) is 0 Å². The van der Waals surface area contributed by atoms with Gasteiger partial charge in [-0.15, -0.1) is 0 Å². The molecule has 0 amide bonds. The maximum atomic E-state index is 12.3. The molecule has 1 aliphatic rings. The van der Waals surface area contributed by atoms with Crippen LogP contribution in [0.4, 0.5) is 0 Å². The van der Waals surface area contributed by atoms with E-state index >= 15 is 0 Å². The lowest BCUT2D eigenvalue weighted by Crippen LogP contribution is -2.30. The van der Waals surface area contributed by atoms with Crippen molar-refractivity contribution in [3.05, 3.63) is 18.2 Å². The second-order valence-electron chi connectivity index (χ2n) is 5.01. The Labute approximate surface area is 126 Å². The summed E-state index contributed by atoms with van der Waals surface area (Å²) in [6.45, 7) is 0.121. The van der Waals surface area contributed by atoms with Crippen LogP contribution in [0.25, 0.3) is 11.0 Å². The van der Waals surface area contributed by atoms with Crippen molar-refractivity contribution in [2.75, 3.05) is 18.1 Å². The van der Waals surface area contributed by atoms with Crippen molar-refractivity contribution in [3.63, 3.8) is 0 Å². The Morgan fingerprint density at radius 2 is 2.14 bits per heavy atom. The second kappa shape index (κ2) is 5.27. The Morgan fingerprint density at radius 1 is 1.33 bits per heavy atom. The summed E-state index contributed by atoms with van der Waals surface area (Å²) < 4.78 is 57.9. The van der Waals surface area contributed by atoms with Crippen LogP contribution in [0.3, 0.4) is 0 Å². The molecule has 0 bridgehead atoms. The van der Waals surface area contributed by atoms with E-state index in [-0.39, 0.29) is 28.9 Å². The highest BCUT2D eigenvalue weighted by Crippen LogP contribution is 2.22. The SMILES string of the molecule is O=S1(=O)CC[C@H](CNS(=O)(=O)c2cccc3nsnc23)C1. The van der Waals surface area contributed by atoms with Gasteiger partial charge in [0.1, 0.15) is 15.9 Å². The molecule has 1 atom stereocenters. The van der Waals surface area contributed by atoms with Gasteiger partial charge in [0.2, 0.25) is 10.0 Å². The molecule has 1 aromatic heterocycles. The van der Waals surface area contributed by atoms with Crippen LogP contribution >= 0.6 is 11.7 Å². The van der Waals surface area contributed by atoms with Crippen molar-refractivity contribution in [2.45, 2.75) is 11.3 Å². The molecule has 3 rings (SSSR count). The summed E-state index contributed by atoms with van der Waals surface area (Å²) in [5, 5.41) is 0. The average Bonchev–Trinajstić information content (AvgIpc) is 3.02. The number of rotatable bonds is 4. The minimum Gasteiger partial charge on any atom is -0.229 e. The lowest BCUT2D eigenvalue weighted by molar-refractivity contribution is 0.543. The molecule has 0 aliphatic carbocycles. The van der Waals surface area contributed by atoms with Crippen molar-refractivity contribution < 1.29 is 16.8 Å². The van der Waals surface area contributed by atoms with E-state index in [2.05, 4.69) is 13.5 Å². The summed E-state index contributed by atoms with van der Waals surface area (Å²) in [6, 6.07) is 4.77. The number of aromatic nitrogens is 2. The zero-order valence-corrected chi connectivity index (χ0v) is 13.3. The van der Waals surface area contributed by atoms with Crippen LogP contribution < -0.4 is 4.72 Å². The summed E-state index contributed by atoms with van der Waals surface area (Å²) in [4.78, 5) is 0.0783. The number of hydrogen-bond acceptors (Lipinski definition) is 7. The third-order valence-electron chi connectivity index (χ3n) is 3.43. The van der Waals surface area contributed by atoms with Crippen LogP contribution in [-0.2, 0) is 19.9 Å². The van der Waals surface area contributed by atoms with Gasteiger partial charge in [-0.3, -0.25) is 0 Å². The first kappa shape index (κ1) is 14.8. The molecule has 1 N–H and O–H groups in total. The van der Waals surface area contributed by atoms with Crippen molar-refractivity contribution in [1.82, 2.24) is 13.5 Å². The van der Waals surface area contributed by atoms with Gasteiger partial charge in [0, 0.05) is 6.54 Å². The maximum Gasteiger partial charge on any atom is 0.242 e. The lowest BCUT2D eigenvalue weighted by Gasteiger charge is -2.10. The summed E-state index contributed by atoms with van der Waals surface area (Å²) in [7, 11) is -6.73. The first-order valence-electron chi connectivity index (χ1n) is 6.29. The fraction of sp³-hybridized carbons (Fsp3) is 0.455. The predicted molar refractivity (Wildman–Crippen MR) is 79.4 cm³/mol. The Morgan fingerprint density at radius 3 is 2.86 bits per heavy atom. The molecule has 1 aliphatic heterocycles. The zero-order valence-electron chi connectivity index (χ0n) is 10.9. The highest BCUT2D eigenvalue weighted by Gasteiger charge is 2.29. The van der Waals surface area contributed by atoms with E-state index in [0.717, 1.165) is 11.7 Å². The molecule has 7 nitrogen and oxygen atoms in total. The minimum atomic E-state index is -3.72. The fourth-order valence-electron chi connectivity index (χ4n) is 2.34. The Kier molecular flexibility index (Phi) is 3.72. The molecule has 10 heteroatoms. The van der Waals surface area contributed by atoms with Crippen LogP contribution in [-0.4, -0.2) is 43.6 Å². The van der Waals surface area contributed by atoms with Gasteiger partial charge in [-0.05, 0) is 24.5 Å². The molecule has 0 unspecified atom stereocenters. The monoisotopic (exact) mass is 347 g/mol. The van der Waals surface area contributed by atoms with Crippen molar-refractivity contribution >= 4 is 42.6 Å². The zero-order chi connectivity index (χ0) is 15.1. The molecule has 0 spiro atoms. The van der Waals surface area contributed by atoms with Gasteiger partial charge >= 0.3 is 0 Å². The van der Waals surface area contributed by atoms with E-state index in [1.807, 2.05) is 0 Å². The molecule has 0 radical (unpaired) electrons. The topological polar surface area (TPSA) is 106 Å². The van der Waals surface area contributed by atoms with E-state index in [1.54, 1.807) is 12.1 Å². The van der Waals surface area contributed by atoms with E-state index < -0.39 is 19.9 Å². The molecular formula is C11H13N3O4S3. The van der Waals surface area contributed by atoms with Gasteiger partial charge in [0.15, 0.2) is 9.84 Å². The van der Waals surface area contributed by atoms with E-state index in [4.69, 9.17) is 0 Å². The Bertz CT molecular complexity index is 873. The highest BCUT2D eigenvalue weighted by molar-refractivity contribution is 7.91. The van der Waals surface area contributed by atoms with Crippen LogP contribution in [0.2, 0.25) is 0 Å². The van der Waals surface area contributed by atoms with Crippen molar-refractivity contribution in [2.24, 2.45) is 5.92 Å². The standard InChI is InChI=1S/C11H13N3O4S3/c15-20(16)5-4-8(7-20)6-12-21(17,18)10-3-1-2-9-11(10)14-19-13-9/h1-3,8,12H,4-7H2/t8-/m1/s1. The minimum absolute atomic E-state index is 0.0397. The molecule has 0 saturated carbocycles. The number of nitrogens with zero attached hydrogens (tertiary/aromatic N) is 2. The molecule has 2 heterocycles. The molecule has 114 valence electrons. The lowest BCUT2D eigenvalue weighted by atomic mass is 10.1. The van der Waals surface area contributed by atoms with Gasteiger partial charge in [0.25, 0.3) is 0 Å². The number of sulfonamides is 1. The third kappa shape index (κ3) is 3.07. The third-order valence-corrected chi connectivity index (χ3v) is 7.26. The molecule has 1 saturated heterocycles. The van der Waals surface area contributed by atoms with Gasteiger partial charge < -0.3 is 0 Å². The second-order valence-corrected chi connectivity index (χ2v) is 9.50. The first-order chi connectivity index (χ1) is 9.87. The van der Waals surface area contributed by atoms with E-state index in [1.165, 1.54) is 6.07 Å². The number of benzene rings is 1. The van der Waals surface area contributed by atoms with Gasteiger partial charge in [-0.2, -0.15) is 8.75 Å². The number of nitrogens with one attached hydrogen (secondary N) is 1. The Hall–Kier alpha value is -1.10. The molecule has 1 aromatic carbocycles. The van der Waals surface area contributed by atoms with Gasteiger partial charge in [-0.25, -0.2) is 21.6 Å². The predicted octanol–water partition coefficient (Wildman–Crippen LogP) is 0.404. The largest absolute Gasteiger partial charge is 0.242 e. The summed E-state index contributed by atoms with van der Waals surface area (Å²) in [5.74, 6) is 0.000656. The van der Waals surface area contributed by atoms with Crippen molar-refractivity contribution in [3.8, 4) is 0 Å². The van der Waals surface area contributed by atoms with Crippen LogP contribution in [0, 0.1) is 5.92 Å². The molecular weight excluding hydrogens is 334 g/mol. The van der Waals surface area contributed by atoms with E-state index in [0.29, 0.717) is 17.5 Å². The summed E-state index contributed by atoms with van der Waals surface area (Å²) >= 11 is 0.955. The van der Waals surface area contributed by atoms with Crippen LogP contribution in [0.1, 0.15) is 6.42 Å². The quantitative estimate of drug-likeness (QED) is 0.858. The first-order valence-corrected chi connectivity index (χ1v) is 10.3. The average molecular weight is 347 g/mol. The normalized spacial score (nSPS) is 21.8. The number of fused-ring (bicyclic) bond motifs is 1. The van der Waals surface area contributed by atoms with Gasteiger partial charge in [0.05, 0.1) is 23.2 Å². The van der Waals surface area contributed by atoms with Crippen LogP contribution in [0.15, 0.2) is 23.1 Å².